The van der Waals surface area contributed by atoms with E-state index in [2.05, 4.69) is 125 Å². The Morgan fingerprint density at radius 1 is 0.757 bits per heavy atom. The molecule has 4 rings (SSSR count). The van der Waals surface area contributed by atoms with Crippen LogP contribution in [0.3, 0.4) is 0 Å². The summed E-state index contributed by atoms with van der Waals surface area (Å²) in [6.07, 6.45) is 3.36. The number of nitrogens with one attached hydrogen (secondary N) is 1. The fourth-order valence-corrected chi connectivity index (χ4v) is 4.71. The summed E-state index contributed by atoms with van der Waals surface area (Å²) >= 11 is 0. The molecule has 4 aromatic rings. The molecule has 4 heteroatoms. The Hall–Kier alpha value is -3.99. The van der Waals surface area contributed by atoms with E-state index in [-0.39, 0.29) is 5.97 Å². The van der Waals surface area contributed by atoms with Gasteiger partial charge in [-0.3, -0.25) is 10.2 Å². The van der Waals surface area contributed by atoms with Gasteiger partial charge in [-0.25, -0.2) is 4.79 Å². The minimum atomic E-state index is -0.510. The summed E-state index contributed by atoms with van der Waals surface area (Å²) < 4.78 is 4.77. The smallest absolute Gasteiger partial charge is 0.330 e. The van der Waals surface area contributed by atoms with Crippen molar-refractivity contribution in [1.82, 2.24) is 10.2 Å². The van der Waals surface area contributed by atoms with Crippen LogP contribution < -0.4 is 5.32 Å². The van der Waals surface area contributed by atoms with Crippen LogP contribution in [0.2, 0.25) is 0 Å². The molecule has 1 N–H and O–H groups in total. The monoisotopic (exact) mass is 490 g/mol. The number of carbonyl (C=O) groups excluding carboxylic acids is 1. The van der Waals surface area contributed by atoms with E-state index in [1.54, 1.807) is 0 Å². The molecule has 188 valence electrons. The van der Waals surface area contributed by atoms with E-state index < -0.39 is 5.54 Å². The van der Waals surface area contributed by atoms with Gasteiger partial charge < -0.3 is 4.74 Å². The van der Waals surface area contributed by atoms with E-state index in [0.717, 1.165) is 19.6 Å². The van der Waals surface area contributed by atoms with Gasteiger partial charge in [0.25, 0.3) is 0 Å². The number of esters is 1. The molecule has 0 saturated heterocycles. The van der Waals surface area contributed by atoms with Gasteiger partial charge in [0.05, 0.1) is 12.6 Å². The van der Waals surface area contributed by atoms with Gasteiger partial charge in [0.1, 0.15) is 0 Å². The molecule has 0 spiro atoms. The van der Waals surface area contributed by atoms with Crippen LogP contribution in [0.15, 0.2) is 133 Å². The van der Waals surface area contributed by atoms with Crippen molar-refractivity contribution in [3.63, 3.8) is 0 Å². The first kappa shape index (κ1) is 26.1. The molecule has 0 aliphatic heterocycles. The Kier molecular flexibility index (Phi) is 9.41. The molecule has 0 saturated carbocycles. The van der Waals surface area contributed by atoms with E-state index in [0.29, 0.717) is 6.54 Å². The molecular formula is C33H34N2O2. The molecule has 0 atom stereocenters. The molecular weight excluding hydrogens is 456 g/mol. The molecule has 37 heavy (non-hydrogen) atoms. The number of rotatable bonds is 12. The zero-order valence-corrected chi connectivity index (χ0v) is 21.3. The van der Waals surface area contributed by atoms with Crippen LogP contribution in [-0.4, -0.2) is 37.6 Å². The minimum Gasteiger partial charge on any atom is -0.466 e. The summed E-state index contributed by atoms with van der Waals surface area (Å²) in [6.45, 7) is 2.94. The molecule has 4 nitrogen and oxygen atoms in total. The zero-order valence-electron chi connectivity index (χ0n) is 21.3. The van der Waals surface area contributed by atoms with Crippen LogP contribution in [0, 0.1) is 0 Å². The van der Waals surface area contributed by atoms with E-state index in [1.807, 2.05) is 12.1 Å². The molecule has 0 aliphatic rings. The Labute approximate surface area is 220 Å². The highest BCUT2D eigenvalue weighted by Gasteiger charge is 2.35. The first-order valence-electron chi connectivity index (χ1n) is 12.6. The number of hydrogen-bond acceptors (Lipinski definition) is 4. The number of nitrogens with zero attached hydrogens (tertiary/aromatic N) is 1. The fraction of sp³-hybridized carbons (Fsp3) is 0.182. The van der Waals surface area contributed by atoms with Gasteiger partial charge in [-0.05, 0) is 22.3 Å². The van der Waals surface area contributed by atoms with Gasteiger partial charge >= 0.3 is 5.97 Å². The molecule has 0 fully saturated rings. The van der Waals surface area contributed by atoms with Crippen molar-refractivity contribution >= 4 is 5.97 Å². The van der Waals surface area contributed by atoms with E-state index in [4.69, 9.17) is 4.74 Å². The van der Waals surface area contributed by atoms with Gasteiger partial charge in [-0.1, -0.05) is 127 Å². The predicted octanol–water partition coefficient (Wildman–Crippen LogP) is 5.80. The second-order valence-electron chi connectivity index (χ2n) is 8.92. The number of benzene rings is 4. The maximum absolute atomic E-state index is 11.6. The number of ether oxygens (including phenoxy) is 1. The average molecular weight is 491 g/mol. The average Bonchev–Trinajstić information content (AvgIpc) is 2.97. The first-order chi connectivity index (χ1) is 18.2. The molecule has 0 aromatic heterocycles. The first-order valence-corrected chi connectivity index (χ1v) is 12.6. The Morgan fingerprint density at radius 3 is 1.68 bits per heavy atom. The maximum Gasteiger partial charge on any atom is 0.330 e. The maximum atomic E-state index is 11.6. The Balaban J connectivity index is 1.63. The molecule has 0 heterocycles. The Bertz CT molecular complexity index is 1150. The van der Waals surface area contributed by atoms with Crippen LogP contribution in [0.25, 0.3) is 0 Å². The molecule has 4 aromatic carbocycles. The quantitative estimate of drug-likeness (QED) is 0.155. The summed E-state index contributed by atoms with van der Waals surface area (Å²) in [5.41, 5.74) is 4.28. The van der Waals surface area contributed by atoms with Crippen LogP contribution in [0.1, 0.15) is 22.3 Å². The minimum absolute atomic E-state index is 0.339. The van der Waals surface area contributed by atoms with E-state index in [9.17, 15) is 4.79 Å². The molecule has 0 bridgehead atoms. The highest BCUT2D eigenvalue weighted by Crippen LogP contribution is 2.36. The third-order valence-corrected chi connectivity index (χ3v) is 6.51. The molecule has 0 unspecified atom stereocenters. The second-order valence-corrected chi connectivity index (χ2v) is 8.92. The van der Waals surface area contributed by atoms with Crippen LogP contribution >= 0.6 is 0 Å². The molecule has 0 aliphatic carbocycles. The van der Waals surface area contributed by atoms with Crippen molar-refractivity contribution in [2.75, 3.05) is 26.7 Å². The largest absolute Gasteiger partial charge is 0.466 e. The number of methoxy groups -OCH3 is 1. The number of carbonyl (C=O) groups is 1. The molecule has 0 amide bonds. The highest BCUT2D eigenvalue weighted by molar-refractivity contribution is 5.81. The van der Waals surface area contributed by atoms with Crippen molar-refractivity contribution in [2.45, 2.75) is 12.1 Å². The van der Waals surface area contributed by atoms with Gasteiger partial charge in [0.2, 0.25) is 0 Å². The topological polar surface area (TPSA) is 41.6 Å². The SMILES string of the molecule is COC(=O)C=CCN(CCNC(c1ccccc1)(c1ccccc1)c1ccccc1)Cc1ccccc1. The normalized spacial score (nSPS) is 11.6. The summed E-state index contributed by atoms with van der Waals surface area (Å²) in [7, 11) is 1.40. The fourth-order valence-electron chi connectivity index (χ4n) is 4.71. The van der Waals surface area contributed by atoms with E-state index in [1.165, 1.54) is 35.4 Å². The van der Waals surface area contributed by atoms with Gasteiger partial charge in [0.15, 0.2) is 0 Å². The lowest BCUT2D eigenvalue weighted by Crippen LogP contribution is -2.47. The zero-order chi connectivity index (χ0) is 25.8. The second kappa shape index (κ2) is 13.4. The van der Waals surface area contributed by atoms with Crippen molar-refractivity contribution in [3.05, 3.63) is 156 Å². The van der Waals surface area contributed by atoms with Crippen LogP contribution in [0.4, 0.5) is 0 Å². The van der Waals surface area contributed by atoms with Gasteiger partial charge in [-0.2, -0.15) is 0 Å². The summed E-state index contributed by atoms with van der Waals surface area (Å²) in [5.74, 6) is -0.339. The third-order valence-electron chi connectivity index (χ3n) is 6.51. The summed E-state index contributed by atoms with van der Waals surface area (Å²) in [4.78, 5) is 14.0. The summed E-state index contributed by atoms with van der Waals surface area (Å²) in [5, 5.41) is 3.95. The molecule has 0 radical (unpaired) electrons. The summed E-state index contributed by atoms with van der Waals surface area (Å²) in [6, 6.07) is 42.3. The highest BCUT2D eigenvalue weighted by atomic mass is 16.5. The van der Waals surface area contributed by atoms with E-state index >= 15 is 0 Å². The predicted molar refractivity (Wildman–Crippen MR) is 150 cm³/mol. The number of hydrogen-bond donors (Lipinski definition) is 1. The Morgan fingerprint density at radius 2 is 1.22 bits per heavy atom. The standard InChI is InChI=1S/C33H34N2O2/c1-37-32(36)23-14-25-35(27-28-15-6-2-7-16-28)26-24-34-33(29-17-8-3-9-18-29,30-19-10-4-11-20-30)31-21-12-5-13-22-31/h2-23,34H,24-27H2,1H3. The lowest BCUT2D eigenvalue weighted by atomic mass is 9.77. The van der Waals surface area contributed by atoms with Gasteiger partial charge in [-0.15, -0.1) is 0 Å². The van der Waals surface area contributed by atoms with Crippen molar-refractivity contribution in [3.8, 4) is 0 Å². The van der Waals surface area contributed by atoms with Crippen LogP contribution in [0.5, 0.6) is 0 Å². The van der Waals surface area contributed by atoms with Gasteiger partial charge in [0, 0.05) is 32.3 Å². The van der Waals surface area contributed by atoms with Crippen molar-refractivity contribution < 1.29 is 9.53 Å². The third kappa shape index (κ3) is 6.82. The van der Waals surface area contributed by atoms with Crippen LogP contribution in [-0.2, 0) is 21.6 Å². The lowest BCUT2D eigenvalue weighted by molar-refractivity contribution is -0.134. The van der Waals surface area contributed by atoms with Crippen molar-refractivity contribution in [1.29, 1.82) is 0 Å². The van der Waals surface area contributed by atoms with Crippen molar-refractivity contribution in [2.24, 2.45) is 0 Å². The lowest BCUT2D eigenvalue weighted by Gasteiger charge is -2.38.